The summed E-state index contributed by atoms with van der Waals surface area (Å²) in [6, 6.07) is 0.244. The average Bonchev–Trinajstić information content (AvgIpc) is 2.61. The fourth-order valence-corrected chi connectivity index (χ4v) is 2.81. The highest BCUT2D eigenvalue weighted by atomic mass is 32.2. The van der Waals surface area contributed by atoms with Crippen molar-refractivity contribution in [2.75, 3.05) is 5.73 Å². The number of aryl methyl sites for hydroxylation is 1. The van der Waals surface area contributed by atoms with Gasteiger partial charge in [-0.3, -0.25) is 0 Å². The molecular formula is C10H13N5OS2. The fourth-order valence-electron chi connectivity index (χ4n) is 1.12. The van der Waals surface area contributed by atoms with Gasteiger partial charge in [0.15, 0.2) is 4.34 Å². The molecule has 0 aliphatic rings. The lowest BCUT2D eigenvalue weighted by Gasteiger charge is -2.08. The van der Waals surface area contributed by atoms with Crippen LogP contribution in [0.3, 0.4) is 0 Å². The van der Waals surface area contributed by atoms with Gasteiger partial charge in [-0.15, -0.1) is 11.3 Å². The zero-order chi connectivity index (χ0) is 13.1. The minimum Gasteiger partial charge on any atom is -0.461 e. The number of nitrogens with two attached hydrogens (primary N) is 1. The van der Waals surface area contributed by atoms with E-state index in [0.29, 0.717) is 5.16 Å². The molecule has 0 spiro atoms. The molecule has 2 rings (SSSR count). The van der Waals surface area contributed by atoms with Crippen molar-refractivity contribution < 1.29 is 4.74 Å². The van der Waals surface area contributed by atoms with Crippen LogP contribution < -0.4 is 10.5 Å². The molecule has 0 aliphatic carbocycles. The highest BCUT2D eigenvalue weighted by Crippen LogP contribution is 2.28. The largest absolute Gasteiger partial charge is 0.461 e. The molecule has 2 aromatic heterocycles. The summed E-state index contributed by atoms with van der Waals surface area (Å²) in [6.07, 6.45) is -0.00763. The van der Waals surface area contributed by atoms with Gasteiger partial charge in [0.1, 0.15) is 0 Å². The van der Waals surface area contributed by atoms with Gasteiger partial charge in [-0.25, -0.2) is 4.98 Å². The normalized spacial score (nSPS) is 10.9. The second kappa shape index (κ2) is 5.49. The van der Waals surface area contributed by atoms with Crippen LogP contribution in [0.25, 0.3) is 0 Å². The Morgan fingerprint density at radius 2 is 2.06 bits per heavy atom. The summed E-state index contributed by atoms with van der Waals surface area (Å²) in [5, 5.41) is 2.46. The molecule has 0 saturated heterocycles. The van der Waals surface area contributed by atoms with Crippen LogP contribution in [0.2, 0.25) is 0 Å². The van der Waals surface area contributed by atoms with Crippen LogP contribution in [0.15, 0.2) is 14.9 Å². The Morgan fingerprint density at radius 1 is 1.28 bits per heavy atom. The maximum atomic E-state index is 5.62. The zero-order valence-corrected chi connectivity index (χ0v) is 11.9. The third-order valence-electron chi connectivity index (χ3n) is 1.73. The predicted molar refractivity (Wildman–Crippen MR) is 71.0 cm³/mol. The first kappa shape index (κ1) is 13.0. The Labute approximate surface area is 113 Å². The van der Waals surface area contributed by atoms with Gasteiger partial charge in [-0.1, -0.05) is 0 Å². The van der Waals surface area contributed by atoms with Crippen molar-refractivity contribution in [3.8, 4) is 6.01 Å². The number of ether oxygens (including phenoxy) is 1. The van der Waals surface area contributed by atoms with Crippen molar-refractivity contribution in [1.82, 2.24) is 19.9 Å². The topological polar surface area (TPSA) is 86.8 Å². The standard InChI is InChI=1S/C10H13N5OS2/c1-5(2)16-8-13-7(11)14-9(15-8)18-10-12-6(3)4-17-10/h4-5H,1-3H3,(H2,11,13,14,15). The molecular weight excluding hydrogens is 270 g/mol. The van der Waals surface area contributed by atoms with Crippen molar-refractivity contribution in [3.63, 3.8) is 0 Å². The summed E-state index contributed by atoms with van der Waals surface area (Å²) in [5.41, 5.74) is 6.60. The second-order valence-electron chi connectivity index (χ2n) is 3.78. The van der Waals surface area contributed by atoms with Gasteiger partial charge in [-0.2, -0.15) is 15.0 Å². The maximum Gasteiger partial charge on any atom is 0.322 e. The van der Waals surface area contributed by atoms with Crippen LogP contribution in [-0.4, -0.2) is 26.0 Å². The summed E-state index contributed by atoms with van der Waals surface area (Å²) in [6.45, 7) is 5.74. The summed E-state index contributed by atoms with van der Waals surface area (Å²) < 4.78 is 6.28. The number of thiazole rings is 1. The second-order valence-corrected chi connectivity index (χ2v) is 5.85. The van der Waals surface area contributed by atoms with E-state index in [2.05, 4.69) is 19.9 Å². The first-order valence-electron chi connectivity index (χ1n) is 5.31. The van der Waals surface area contributed by atoms with Gasteiger partial charge in [0, 0.05) is 11.1 Å². The van der Waals surface area contributed by atoms with E-state index in [9.17, 15) is 0 Å². The van der Waals surface area contributed by atoms with Crippen molar-refractivity contribution in [2.24, 2.45) is 0 Å². The van der Waals surface area contributed by atoms with Crippen molar-refractivity contribution in [1.29, 1.82) is 0 Å². The SMILES string of the molecule is Cc1csc(Sc2nc(N)nc(OC(C)C)n2)n1. The summed E-state index contributed by atoms with van der Waals surface area (Å²) >= 11 is 2.89. The fraction of sp³-hybridized carbons (Fsp3) is 0.400. The summed E-state index contributed by atoms with van der Waals surface area (Å²) in [4.78, 5) is 16.5. The van der Waals surface area contributed by atoms with E-state index in [-0.39, 0.29) is 18.1 Å². The Bertz CT molecular complexity index is 543. The van der Waals surface area contributed by atoms with E-state index in [4.69, 9.17) is 10.5 Å². The Kier molecular flexibility index (Phi) is 3.97. The van der Waals surface area contributed by atoms with Gasteiger partial charge >= 0.3 is 6.01 Å². The van der Waals surface area contributed by atoms with Gasteiger partial charge in [-0.05, 0) is 32.5 Å². The molecule has 0 atom stereocenters. The number of aromatic nitrogens is 4. The number of hydrogen-bond donors (Lipinski definition) is 1. The highest BCUT2D eigenvalue weighted by molar-refractivity contribution is 8.00. The van der Waals surface area contributed by atoms with E-state index in [1.165, 1.54) is 23.1 Å². The number of rotatable bonds is 4. The monoisotopic (exact) mass is 283 g/mol. The lowest BCUT2D eigenvalue weighted by atomic mass is 10.5. The minimum absolute atomic E-state index is 0.00763. The molecule has 0 bridgehead atoms. The maximum absolute atomic E-state index is 5.62. The molecule has 8 heteroatoms. The van der Waals surface area contributed by atoms with E-state index < -0.39 is 0 Å². The molecule has 0 fully saturated rings. The molecule has 96 valence electrons. The van der Waals surface area contributed by atoms with Crippen molar-refractivity contribution in [3.05, 3.63) is 11.1 Å². The average molecular weight is 283 g/mol. The van der Waals surface area contributed by atoms with E-state index in [1.807, 2.05) is 26.2 Å². The molecule has 2 N–H and O–H groups in total. The van der Waals surface area contributed by atoms with Crippen LogP contribution in [0.4, 0.5) is 5.95 Å². The molecule has 0 saturated carbocycles. The van der Waals surface area contributed by atoms with Crippen LogP contribution in [0, 0.1) is 6.92 Å². The minimum atomic E-state index is -0.00763. The molecule has 18 heavy (non-hydrogen) atoms. The Hall–Kier alpha value is -1.41. The van der Waals surface area contributed by atoms with Gasteiger partial charge < -0.3 is 10.5 Å². The number of nitrogens with zero attached hydrogens (tertiary/aromatic N) is 4. The predicted octanol–water partition coefficient (Wildman–Crippen LogP) is 2.16. The van der Waals surface area contributed by atoms with Crippen LogP contribution in [-0.2, 0) is 0 Å². The van der Waals surface area contributed by atoms with E-state index in [1.54, 1.807) is 0 Å². The van der Waals surface area contributed by atoms with E-state index in [0.717, 1.165) is 10.0 Å². The Morgan fingerprint density at radius 3 is 2.67 bits per heavy atom. The molecule has 6 nitrogen and oxygen atoms in total. The zero-order valence-electron chi connectivity index (χ0n) is 10.2. The van der Waals surface area contributed by atoms with E-state index >= 15 is 0 Å². The van der Waals surface area contributed by atoms with Gasteiger partial charge in [0.2, 0.25) is 11.1 Å². The quantitative estimate of drug-likeness (QED) is 0.919. The smallest absolute Gasteiger partial charge is 0.322 e. The molecule has 0 unspecified atom stereocenters. The molecule has 2 aromatic rings. The molecule has 0 amide bonds. The Balaban J connectivity index is 2.19. The summed E-state index contributed by atoms with van der Waals surface area (Å²) in [5.74, 6) is 0.149. The van der Waals surface area contributed by atoms with Gasteiger partial charge in [0.05, 0.1) is 6.10 Å². The molecule has 2 heterocycles. The summed E-state index contributed by atoms with van der Waals surface area (Å²) in [7, 11) is 0. The highest BCUT2D eigenvalue weighted by Gasteiger charge is 2.10. The molecule has 0 aromatic carbocycles. The van der Waals surface area contributed by atoms with Crippen molar-refractivity contribution >= 4 is 29.0 Å². The molecule has 0 aliphatic heterocycles. The van der Waals surface area contributed by atoms with Crippen LogP contribution >= 0.6 is 23.1 Å². The lowest BCUT2D eigenvalue weighted by molar-refractivity contribution is 0.219. The van der Waals surface area contributed by atoms with Gasteiger partial charge in [0.25, 0.3) is 0 Å². The molecule has 0 radical (unpaired) electrons. The van der Waals surface area contributed by atoms with Crippen molar-refractivity contribution in [2.45, 2.75) is 36.4 Å². The lowest BCUT2D eigenvalue weighted by Crippen LogP contribution is -2.10. The number of anilines is 1. The van der Waals surface area contributed by atoms with Crippen LogP contribution in [0.5, 0.6) is 6.01 Å². The number of hydrogen-bond acceptors (Lipinski definition) is 8. The first-order chi connectivity index (χ1) is 8.52. The van der Waals surface area contributed by atoms with Crippen LogP contribution in [0.1, 0.15) is 19.5 Å². The third-order valence-corrected chi connectivity index (χ3v) is 3.65. The third kappa shape index (κ3) is 3.54. The first-order valence-corrected chi connectivity index (χ1v) is 7.00. The number of nitrogen functional groups attached to an aromatic ring is 1.